The average molecular weight is 302 g/mol. The number of hydrogen-bond donors (Lipinski definition) is 0. The summed E-state index contributed by atoms with van der Waals surface area (Å²) in [6.07, 6.45) is 6.52. The Hall–Kier alpha value is -2.11. The topological polar surface area (TPSA) is 64.2 Å². The Morgan fingerprint density at radius 3 is 2.91 bits per heavy atom. The second kappa shape index (κ2) is 6.34. The van der Waals surface area contributed by atoms with Crippen LogP contribution in [-0.2, 0) is 4.79 Å². The van der Waals surface area contributed by atoms with Gasteiger partial charge in [-0.25, -0.2) is 0 Å². The maximum Gasteiger partial charge on any atom is 0.224 e. The minimum atomic E-state index is 0.176. The lowest BCUT2D eigenvalue weighted by Crippen LogP contribution is -2.40. The molecule has 22 heavy (non-hydrogen) atoms. The van der Waals surface area contributed by atoms with Gasteiger partial charge in [0.1, 0.15) is 0 Å². The van der Waals surface area contributed by atoms with Crippen LogP contribution in [0, 0.1) is 6.92 Å². The quantitative estimate of drug-likeness (QED) is 0.870. The van der Waals surface area contributed by atoms with E-state index in [0.717, 1.165) is 25.2 Å². The Kier molecular flexibility index (Phi) is 4.27. The lowest BCUT2D eigenvalue weighted by molar-refractivity contribution is -0.133. The summed E-state index contributed by atoms with van der Waals surface area (Å²) >= 11 is 0. The predicted molar refractivity (Wildman–Crippen MR) is 81.4 cm³/mol. The second-order valence-corrected chi connectivity index (χ2v) is 6.03. The molecule has 118 valence electrons. The van der Waals surface area contributed by atoms with Crippen LogP contribution in [0.5, 0.6) is 0 Å². The fourth-order valence-electron chi connectivity index (χ4n) is 3.02. The van der Waals surface area contributed by atoms with E-state index < -0.39 is 0 Å². The van der Waals surface area contributed by atoms with Gasteiger partial charge in [0.15, 0.2) is 5.82 Å². The Bertz CT molecular complexity index is 620. The maximum absolute atomic E-state index is 12.5. The van der Waals surface area contributed by atoms with Crippen molar-refractivity contribution >= 4 is 5.91 Å². The van der Waals surface area contributed by atoms with Crippen molar-refractivity contribution < 1.29 is 9.32 Å². The van der Waals surface area contributed by atoms with Gasteiger partial charge in [-0.1, -0.05) is 5.16 Å². The van der Waals surface area contributed by atoms with E-state index in [9.17, 15) is 4.79 Å². The Morgan fingerprint density at radius 1 is 1.45 bits per heavy atom. The smallest absolute Gasteiger partial charge is 0.224 e. The van der Waals surface area contributed by atoms with E-state index in [0.29, 0.717) is 18.9 Å². The molecule has 1 saturated heterocycles. The summed E-state index contributed by atoms with van der Waals surface area (Å²) in [7, 11) is 0. The summed E-state index contributed by atoms with van der Waals surface area (Å²) in [6, 6.07) is 4.14. The van der Waals surface area contributed by atoms with Crippen molar-refractivity contribution in [2.75, 3.05) is 13.1 Å². The third-order valence-electron chi connectivity index (χ3n) is 4.29. The number of likely N-dealkylation sites (tertiary alicyclic amines) is 1. The normalized spacial score (nSPS) is 20.1. The predicted octanol–water partition coefficient (Wildman–Crippen LogP) is 2.54. The molecule has 2 aromatic rings. The highest BCUT2D eigenvalue weighted by Gasteiger charge is 2.28. The summed E-state index contributed by atoms with van der Waals surface area (Å²) in [6.45, 7) is 5.38. The van der Waals surface area contributed by atoms with Crippen molar-refractivity contribution in [1.29, 1.82) is 0 Å². The zero-order valence-electron chi connectivity index (χ0n) is 13.1. The number of carbonyl (C=O) groups excluding carboxylic acids is 1. The van der Waals surface area contributed by atoms with Crippen LogP contribution in [0.25, 0.3) is 0 Å². The molecule has 1 aliphatic heterocycles. The van der Waals surface area contributed by atoms with Gasteiger partial charge in [-0.15, -0.1) is 0 Å². The molecule has 2 atom stereocenters. The van der Waals surface area contributed by atoms with Crippen LogP contribution in [-0.4, -0.2) is 38.6 Å². The molecule has 0 radical (unpaired) electrons. The lowest BCUT2D eigenvalue weighted by Gasteiger charge is -2.32. The summed E-state index contributed by atoms with van der Waals surface area (Å²) in [5.41, 5.74) is 0. The molecule has 0 saturated carbocycles. The third kappa shape index (κ3) is 3.21. The standard InChI is InChI=1S/C16H22N4O2/c1-12(19-7-3-4-8-19)10-15(21)20-9-5-6-14(11-20)16-17-13(2)22-18-16/h3-4,7-8,12,14H,5-6,9-11H2,1-2H3. The molecule has 0 aliphatic carbocycles. The van der Waals surface area contributed by atoms with Crippen molar-refractivity contribution in [3.8, 4) is 0 Å². The zero-order valence-corrected chi connectivity index (χ0v) is 13.1. The number of carbonyl (C=O) groups is 1. The summed E-state index contributed by atoms with van der Waals surface area (Å²) in [5.74, 6) is 1.70. The highest BCUT2D eigenvalue weighted by molar-refractivity contribution is 5.76. The van der Waals surface area contributed by atoms with Crippen LogP contribution in [0.15, 0.2) is 29.0 Å². The molecule has 0 spiro atoms. The van der Waals surface area contributed by atoms with Gasteiger partial charge in [0.25, 0.3) is 0 Å². The molecule has 2 unspecified atom stereocenters. The largest absolute Gasteiger partial charge is 0.351 e. The van der Waals surface area contributed by atoms with Crippen LogP contribution in [0.1, 0.15) is 49.9 Å². The first kappa shape index (κ1) is 14.8. The maximum atomic E-state index is 12.5. The van der Waals surface area contributed by atoms with Crippen molar-refractivity contribution in [2.45, 2.75) is 45.1 Å². The number of nitrogens with zero attached hydrogens (tertiary/aromatic N) is 4. The molecule has 3 rings (SSSR count). The van der Waals surface area contributed by atoms with Crippen molar-refractivity contribution in [2.24, 2.45) is 0 Å². The SMILES string of the molecule is Cc1nc(C2CCCN(C(=O)CC(C)n3cccc3)C2)no1. The van der Waals surface area contributed by atoms with Gasteiger partial charge in [-0.3, -0.25) is 4.79 Å². The fraction of sp³-hybridized carbons (Fsp3) is 0.562. The number of aromatic nitrogens is 3. The molecule has 2 aromatic heterocycles. The van der Waals surface area contributed by atoms with E-state index in [1.807, 2.05) is 29.4 Å². The minimum Gasteiger partial charge on any atom is -0.351 e. The van der Waals surface area contributed by atoms with E-state index in [1.165, 1.54) is 0 Å². The number of piperidine rings is 1. The number of rotatable bonds is 4. The average Bonchev–Trinajstić information content (AvgIpc) is 3.18. The number of amides is 1. The first-order valence-corrected chi connectivity index (χ1v) is 7.84. The Morgan fingerprint density at radius 2 is 2.23 bits per heavy atom. The van der Waals surface area contributed by atoms with Gasteiger partial charge in [0.05, 0.1) is 0 Å². The van der Waals surface area contributed by atoms with E-state index in [2.05, 4.69) is 21.6 Å². The first-order valence-electron chi connectivity index (χ1n) is 7.84. The molecule has 0 aromatic carbocycles. The van der Waals surface area contributed by atoms with Gasteiger partial charge < -0.3 is 14.0 Å². The molecule has 6 nitrogen and oxygen atoms in total. The highest BCUT2D eigenvalue weighted by atomic mass is 16.5. The highest BCUT2D eigenvalue weighted by Crippen LogP contribution is 2.26. The third-order valence-corrected chi connectivity index (χ3v) is 4.29. The second-order valence-electron chi connectivity index (χ2n) is 6.03. The Labute approximate surface area is 130 Å². The fourth-order valence-corrected chi connectivity index (χ4v) is 3.02. The molecule has 0 N–H and O–H groups in total. The van der Waals surface area contributed by atoms with Crippen molar-refractivity contribution in [1.82, 2.24) is 19.6 Å². The van der Waals surface area contributed by atoms with Crippen LogP contribution < -0.4 is 0 Å². The van der Waals surface area contributed by atoms with Gasteiger partial charge >= 0.3 is 0 Å². The van der Waals surface area contributed by atoms with Gasteiger partial charge in [-0.05, 0) is 31.9 Å². The molecular formula is C16H22N4O2. The minimum absolute atomic E-state index is 0.176. The van der Waals surface area contributed by atoms with E-state index in [4.69, 9.17) is 4.52 Å². The van der Waals surface area contributed by atoms with Gasteiger partial charge in [0.2, 0.25) is 11.8 Å². The van der Waals surface area contributed by atoms with E-state index >= 15 is 0 Å². The van der Waals surface area contributed by atoms with Crippen molar-refractivity contribution in [3.63, 3.8) is 0 Å². The summed E-state index contributed by atoms with van der Waals surface area (Å²) in [4.78, 5) is 18.8. The Balaban J connectivity index is 1.60. The molecule has 1 fully saturated rings. The summed E-state index contributed by atoms with van der Waals surface area (Å²) < 4.78 is 7.13. The number of aryl methyl sites for hydroxylation is 1. The monoisotopic (exact) mass is 302 g/mol. The number of hydrogen-bond acceptors (Lipinski definition) is 4. The van der Waals surface area contributed by atoms with Gasteiger partial charge in [-0.2, -0.15) is 4.98 Å². The molecule has 0 bridgehead atoms. The van der Waals surface area contributed by atoms with E-state index in [1.54, 1.807) is 6.92 Å². The van der Waals surface area contributed by atoms with Crippen molar-refractivity contribution in [3.05, 3.63) is 36.2 Å². The van der Waals surface area contributed by atoms with Crippen LogP contribution in [0.4, 0.5) is 0 Å². The first-order chi connectivity index (χ1) is 10.6. The van der Waals surface area contributed by atoms with Gasteiger partial charge in [0, 0.05) is 50.8 Å². The lowest BCUT2D eigenvalue weighted by atomic mass is 9.97. The molecule has 1 aliphatic rings. The van der Waals surface area contributed by atoms with Crippen LogP contribution >= 0.6 is 0 Å². The molecule has 6 heteroatoms. The molecule has 1 amide bonds. The van der Waals surface area contributed by atoms with Crippen LogP contribution in [0.3, 0.4) is 0 Å². The summed E-state index contributed by atoms with van der Waals surface area (Å²) in [5, 5.41) is 4.01. The van der Waals surface area contributed by atoms with E-state index in [-0.39, 0.29) is 17.9 Å². The zero-order chi connectivity index (χ0) is 15.5. The van der Waals surface area contributed by atoms with Crippen LogP contribution in [0.2, 0.25) is 0 Å². The molecular weight excluding hydrogens is 280 g/mol. The molecule has 3 heterocycles.